The molecule has 0 saturated carbocycles. The van der Waals surface area contributed by atoms with Crippen molar-refractivity contribution < 1.29 is 19.0 Å². The molecule has 4 rings (SSSR count). The highest BCUT2D eigenvalue weighted by Crippen LogP contribution is 2.32. The summed E-state index contributed by atoms with van der Waals surface area (Å²) in [5.74, 6) is 1.73. The highest BCUT2D eigenvalue weighted by atomic mass is 35.5. The van der Waals surface area contributed by atoms with E-state index in [1.165, 1.54) is 17.4 Å². The Bertz CT molecular complexity index is 1020. The maximum absolute atomic E-state index is 12.1. The van der Waals surface area contributed by atoms with Crippen LogP contribution in [0.5, 0.6) is 17.2 Å². The van der Waals surface area contributed by atoms with Crippen molar-refractivity contribution in [2.75, 3.05) is 12.1 Å². The summed E-state index contributed by atoms with van der Waals surface area (Å²) in [6, 6.07) is 12.5. The molecule has 9 heteroatoms. The van der Waals surface area contributed by atoms with Gasteiger partial charge in [0.1, 0.15) is 12.4 Å². The van der Waals surface area contributed by atoms with E-state index in [4.69, 9.17) is 25.8 Å². The molecule has 2 aromatic carbocycles. The normalized spacial score (nSPS) is 12.3. The zero-order valence-corrected chi connectivity index (χ0v) is 16.0. The molecular weight excluding hydrogens is 402 g/mol. The molecule has 3 aromatic rings. The van der Waals surface area contributed by atoms with Crippen LogP contribution in [0.25, 0.3) is 6.08 Å². The SMILES string of the molecule is O=C(/C=C/c1ccc2c(c1)OCO2)Nc1nnc(COc2ccc(Cl)cc2)s1. The Morgan fingerprint density at radius 3 is 2.86 bits per heavy atom. The first-order valence-electron chi connectivity index (χ1n) is 8.25. The molecule has 1 aliphatic rings. The lowest BCUT2D eigenvalue weighted by Crippen LogP contribution is -2.07. The quantitative estimate of drug-likeness (QED) is 0.609. The molecule has 0 fully saturated rings. The monoisotopic (exact) mass is 415 g/mol. The second-order valence-corrected chi connectivity index (χ2v) is 7.18. The predicted molar refractivity (Wildman–Crippen MR) is 106 cm³/mol. The fraction of sp³-hybridized carbons (Fsp3) is 0.105. The van der Waals surface area contributed by atoms with E-state index in [-0.39, 0.29) is 19.3 Å². The number of fused-ring (bicyclic) bond motifs is 1. The number of carbonyl (C=O) groups is 1. The minimum absolute atomic E-state index is 0.212. The smallest absolute Gasteiger partial charge is 0.250 e. The van der Waals surface area contributed by atoms with Gasteiger partial charge in [-0.25, -0.2) is 0 Å². The van der Waals surface area contributed by atoms with Crippen LogP contribution in [-0.4, -0.2) is 22.9 Å². The number of amides is 1. The number of hydrogen-bond acceptors (Lipinski definition) is 7. The van der Waals surface area contributed by atoms with Crippen LogP contribution in [0.4, 0.5) is 5.13 Å². The standard InChI is InChI=1S/C19H14ClN3O4S/c20-13-3-5-14(6-4-13)25-10-18-22-23-19(28-18)21-17(24)8-2-12-1-7-15-16(9-12)27-11-26-15/h1-9H,10-11H2,(H,21,23,24)/b8-2+. The van der Waals surface area contributed by atoms with Gasteiger partial charge in [-0.2, -0.15) is 0 Å². The van der Waals surface area contributed by atoms with Crippen molar-refractivity contribution in [2.45, 2.75) is 6.61 Å². The van der Waals surface area contributed by atoms with E-state index < -0.39 is 0 Å². The predicted octanol–water partition coefficient (Wildman–Crippen LogP) is 4.15. The summed E-state index contributed by atoms with van der Waals surface area (Å²) in [6.07, 6.45) is 3.10. The minimum Gasteiger partial charge on any atom is -0.486 e. The second-order valence-electron chi connectivity index (χ2n) is 5.68. The van der Waals surface area contributed by atoms with Crippen LogP contribution < -0.4 is 19.5 Å². The molecule has 0 radical (unpaired) electrons. The van der Waals surface area contributed by atoms with Gasteiger partial charge >= 0.3 is 0 Å². The summed E-state index contributed by atoms with van der Waals surface area (Å²) >= 11 is 7.08. The van der Waals surface area contributed by atoms with Gasteiger partial charge in [0.05, 0.1) is 0 Å². The average molecular weight is 416 g/mol. The number of halogens is 1. The Hall–Kier alpha value is -3.10. The second kappa shape index (κ2) is 8.28. The third-order valence-corrected chi connectivity index (χ3v) is 4.76. The van der Waals surface area contributed by atoms with Crippen LogP contribution >= 0.6 is 22.9 Å². The Labute approximate surface area is 169 Å². The zero-order chi connectivity index (χ0) is 19.3. The molecule has 28 heavy (non-hydrogen) atoms. The maximum Gasteiger partial charge on any atom is 0.250 e. The lowest BCUT2D eigenvalue weighted by Gasteiger charge is -2.02. The van der Waals surface area contributed by atoms with Gasteiger partial charge in [0, 0.05) is 11.1 Å². The summed E-state index contributed by atoms with van der Waals surface area (Å²) in [5.41, 5.74) is 0.828. The zero-order valence-electron chi connectivity index (χ0n) is 14.4. The molecule has 1 aromatic heterocycles. The summed E-state index contributed by atoms with van der Waals surface area (Å²) in [6.45, 7) is 0.465. The van der Waals surface area contributed by atoms with Crippen LogP contribution in [0, 0.1) is 0 Å². The molecule has 1 amide bonds. The Morgan fingerprint density at radius 2 is 2.00 bits per heavy atom. The molecule has 142 valence electrons. The molecule has 1 N–H and O–H groups in total. The maximum atomic E-state index is 12.1. The van der Waals surface area contributed by atoms with Gasteiger partial charge in [0.25, 0.3) is 0 Å². The van der Waals surface area contributed by atoms with Gasteiger partial charge in [0.15, 0.2) is 16.5 Å². The van der Waals surface area contributed by atoms with Crippen LogP contribution in [0.15, 0.2) is 48.5 Å². The number of benzene rings is 2. The van der Waals surface area contributed by atoms with Crippen LogP contribution in [-0.2, 0) is 11.4 Å². The van der Waals surface area contributed by atoms with E-state index in [0.717, 1.165) is 5.56 Å². The molecule has 1 aliphatic heterocycles. The van der Waals surface area contributed by atoms with Crippen molar-refractivity contribution in [3.8, 4) is 17.2 Å². The summed E-state index contributed by atoms with van der Waals surface area (Å²) < 4.78 is 16.2. The van der Waals surface area contributed by atoms with Crippen molar-refractivity contribution in [1.82, 2.24) is 10.2 Å². The van der Waals surface area contributed by atoms with Crippen LogP contribution in [0.2, 0.25) is 5.02 Å². The van der Waals surface area contributed by atoms with Gasteiger partial charge in [-0.15, -0.1) is 10.2 Å². The molecule has 2 heterocycles. The topological polar surface area (TPSA) is 82.6 Å². The average Bonchev–Trinajstić information content (AvgIpc) is 3.34. The van der Waals surface area contributed by atoms with Gasteiger partial charge in [-0.1, -0.05) is 29.0 Å². The van der Waals surface area contributed by atoms with E-state index in [9.17, 15) is 4.79 Å². The number of rotatable bonds is 6. The number of hydrogen-bond donors (Lipinski definition) is 1. The Morgan fingerprint density at radius 1 is 1.18 bits per heavy atom. The van der Waals surface area contributed by atoms with Crippen molar-refractivity contribution >= 4 is 40.1 Å². The van der Waals surface area contributed by atoms with E-state index in [1.807, 2.05) is 12.1 Å². The van der Waals surface area contributed by atoms with Crippen LogP contribution in [0.3, 0.4) is 0 Å². The first-order chi connectivity index (χ1) is 13.7. The molecule has 0 unspecified atom stereocenters. The van der Waals surface area contributed by atoms with E-state index in [1.54, 1.807) is 36.4 Å². The van der Waals surface area contributed by atoms with Crippen LogP contribution in [0.1, 0.15) is 10.6 Å². The van der Waals surface area contributed by atoms with Gasteiger partial charge in [0.2, 0.25) is 17.8 Å². The van der Waals surface area contributed by atoms with Crippen molar-refractivity contribution in [1.29, 1.82) is 0 Å². The summed E-state index contributed by atoms with van der Waals surface area (Å²) in [7, 11) is 0. The first-order valence-corrected chi connectivity index (χ1v) is 9.45. The number of aromatic nitrogens is 2. The number of ether oxygens (including phenoxy) is 3. The highest BCUT2D eigenvalue weighted by molar-refractivity contribution is 7.15. The van der Waals surface area contributed by atoms with E-state index in [2.05, 4.69) is 15.5 Å². The van der Waals surface area contributed by atoms with Gasteiger partial charge in [-0.3, -0.25) is 10.1 Å². The molecule has 0 spiro atoms. The van der Waals surface area contributed by atoms with Crippen molar-refractivity contribution in [2.24, 2.45) is 0 Å². The molecular formula is C19H14ClN3O4S. The van der Waals surface area contributed by atoms with Crippen molar-refractivity contribution in [3.05, 3.63) is 64.1 Å². The Kier molecular flexibility index (Phi) is 5.41. The molecule has 0 saturated heterocycles. The van der Waals surface area contributed by atoms with E-state index >= 15 is 0 Å². The van der Waals surface area contributed by atoms with Gasteiger partial charge in [-0.05, 0) is 48.0 Å². The number of nitrogens with zero attached hydrogens (tertiary/aromatic N) is 2. The van der Waals surface area contributed by atoms with E-state index in [0.29, 0.717) is 32.4 Å². The number of anilines is 1. The molecule has 0 bridgehead atoms. The lowest BCUT2D eigenvalue weighted by molar-refractivity contribution is -0.111. The summed E-state index contributed by atoms with van der Waals surface area (Å²) in [4.78, 5) is 12.1. The molecule has 0 atom stereocenters. The van der Waals surface area contributed by atoms with Gasteiger partial charge < -0.3 is 14.2 Å². The molecule has 0 aliphatic carbocycles. The lowest BCUT2D eigenvalue weighted by atomic mass is 10.2. The highest BCUT2D eigenvalue weighted by Gasteiger charge is 2.12. The minimum atomic E-state index is -0.306. The largest absolute Gasteiger partial charge is 0.486 e. The summed E-state index contributed by atoms with van der Waals surface area (Å²) in [5, 5.41) is 12.3. The third-order valence-electron chi connectivity index (χ3n) is 3.70. The number of nitrogens with one attached hydrogen (secondary N) is 1. The Balaban J connectivity index is 1.30. The molecule has 7 nitrogen and oxygen atoms in total. The number of carbonyl (C=O) groups excluding carboxylic acids is 1. The fourth-order valence-electron chi connectivity index (χ4n) is 2.37. The third kappa shape index (κ3) is 4.59. The van der Waals surface area contributed by atoms with Crippen molar-refractivity contribution in [3.63, 3.8) is 0 Å². The first kappa shape index (κ1) is 18.3. The fourth-order valence-corrected chi connectivity index (χ4v) is 3.16.